The number of hydrogen-bond acceptors (Lipinski definition) is 7. The Morgan fingerprint density at radius 3 is 2.32 bits per heavy atom. The quantitative estimate of drug-likeness (QED) is 0.745. The Morgan fingerprint density at radius 2 is 1.74 bits per heavy atom. The highest BCUT2D eigenvalue weighted by atomic mass is 16.6. The summed E-state index contributed by atoms with van der Waals surface area (Å²) >= 11 is 0. The number of anilines is 2. The van der Waals surface area contributed by atoms with Gasteiger partial charge in [0, 0.05) is 19.3 Å². The topological polar surface area (TPSA) is 117 Å². The maximum Gasteiger partial charge on any atom is 0.412 e. The zero-order chi connectivity index (χ0) is 23.4. The van der Waals surface area contributed by atoms with Gasteiger partial charge in [0.15, 0.2) is 0 Å². The van der Waals surface area contributed by atoms with Gasteiger partial charge in [-0.15, -0.1) is 0 Å². The van der Waals surface area contributed by atoms with Gasteiger partial charge in [0.1, 0.15) is 11.2 Å². The number of nitrogens with zero attached hydrogens (tertiary/aromatic N) is 3. The Kier molecular flexibility index (Phi) is 7.37. The summed E-state index contributed by atoms with van der Waals surface area (Å²) in [6.45, 7) is 13.7. The lowest BCUT2D eigenvalue weighted by Gasteiger charge is -2.41. The molecule has 1 aromatic heterocycles. The molecule has 170 valence electrons. The number of nitrogens with one attached hydrogen (secondary N) is 2. The Balaban J connectivity index is 2.22. The van der Waals surface area contributed by atoms with Crippen LogP contribution in [0.25, 0.3) is 0 Å². The molecule has 1 fully saturated rings. The molecule has 1 saturated heterocycles. The van der Waals surface area contributed by atoms with Crippen molar-refractivity contribution in [3.63, 3.8) is 0 Å². The molecule has 2 heterocycles. The van der Waals surface area contributed by atoms with Crippen molar-refractivity contribution in [2.24, 2.45) is 11.8 Å². The monoisotopic (exact) mass is 431 g/mol. The molecule has 0 spiro atoms. The van der Waals surface area contributed by atoms with Crippen molar-refractivity contribution in [1.29, 1.82) is 5.26 Å². The van der Waals surface area contributed by atoms with E-state index < -0.39 is 29.4 Å². The average molecular weight is 432 g/mol. The first-order valence-electron chi connectivity index (χ1n) is 10.4. The molecule has 2 amide bonds. The first kappa shape index (κ1) is 24.3. The fourth-order valence-corrected chi connectivity index (χ4v) is 3.46. The maximum atomic E-state index is 12.3. The van der Waals surface area contributed by atoms with Crippen molar-refractivity contribution in [3.05, 3.63) is 18.5 Å². The molecule has 0 saturated carbocycles. The third-order valence-electron chi connectivity index (χ3n) is 4.60. The first-order valence-corrected chi connectivity index (χ1v) is 10.4. The highest BCUT2D eigenvalue weighted by Gasteiger charge is 2.37. The van der Waals surface area contributed by atoms with Crippen molar-refractivity contribution >= 4 is 23.6 Å². The largest absolute Gasteiger partial charge is 0.444 e. The molecule has 9 nitrogen and oxygen atoms in total. The molecule has 2 N–H and O–H groups in total. The average Bonchev–Trinajstić information content (AvgIpc) is 2.58. The summed E-state index contributed by atoms with van der Waals surface area (Å²) in [5.74, 6) is -0.394. The third-order valence-corrected chi connectivity index (χ3v) is 4.60. The van der Waals surface area contributed by atoms with Crippen LogP contribution >= 0.6 is 0 Å². The zero-order valence-corrected chi connectivity index (χ0v) is 19.4. The highest BCUT2D eigenvalue weighted by molar-refractivity contribution is 5.89. The molecule has 31 heavy (non-hydrogen) atoms. The lowest BCUT2D eigenvalue weighted by Crippen LogP contribution is -2.56. The van der Waals surface area contributed by atoms with Crippen LogP contribution in [0.1, 0.15) is 48.5 Å². The van der Waals surface area contributed by atoms with E-state index in [0.29, 0.717) is 18.8 Å². The first-order chi connectivity index (χ1) is 14.3. The molecule has 1 aliphatic heterocycles. The van der Waals surface area contributed by atoms with Gasteiger partial charge in [-0.2, -0.15) is 5.26 Å². The van der Waals surface area contributed by atoms with E-state index in [1.165, 1.54) is 0 Å². The molecule has 0 bridgehead atoms. The van der Waals surface area contributed by atoms with E-state index in [1.54, 1.807) is 60.0 Å². The molecule has 0 radical (unpaired) electrons. The van der Waals surface area contributed by atoms with E-state index in [2.05, 4.69) is 21.7 Å². The number of nitriles is 1. The summed E-state index contributed by atoms with van der Waals surface area (Å²) in [6.07, 6.45) is 2.04. The fraction of sp³-hybridized carbons (Fsp3) is 0.636. The number of carbonyl (C=O) groups is 2. The molecular weight excluding hydrogens is 398 g/mol. The van der Waals surface area contributed by atoms with Crippen LogP contribution in [0.3, 0.4) is 0 Å². The highest BCUT2D eigenvalue weighted by Crippen LogP contribution is 2.32. The smallest absolute Gasteiger partial charge is 0.412 e. The molecule has 3 atom stereocenters. The second-order valence-electron chi connectivity index (χ2n) is 9.81. The van der Waals surface area contributed by atoms with Crippen LogP contribution < -0.4 is 15.5 Å². The number of amides is 2. The minimum absolute atomic E-state index is 0.0266. The Morgan fingerprint density at radius 1 is 1.13 bits per heavy atom. The van der Waals surface area contributed by atoms with Gasteiger partial charge < -0.3 is 19.7 Å². The van der Waals surface area contributed by atoms with Crippen LogP contribution in [0.2, 0.25) is 0 Å². The van der Waals surface area contributed by atoms with E-state index in [4.69, 9.17) is 9.47 Å². The Hall–Kier alpha value is -3.02. The summed E-state index contributed by atoms with van der Waals surface area (Å²) < 4.78 is 10.7. The van der Waals surface area contributed by atoms with E-state index in [9.17, 15) is 14.9 Å². The van der Waals surface area contributed by atoms with Crippen LogP contribution in [0.5, 0.6) is 0 Å². The van der Waals surface area contributed by atoms with Crippen molar-refractivity contribution in [3.8, 4) is 6.07 Å². The van der Waals surface area contributed by atoms with Gasteiger partial charge in [0.25, 0.3) is 0 Å². The molecule has 0 aliphatic carbocycles. The summed E-state index contributed by atoms with van der Waals surface area (Å²) in [7, 11) is 0. The van der Waals surface area contributed by atoms with Crippen LogP contribution in [0.4, 0.5) is 21.0 Å². The minimum Gasteiger partial charge on any atom is -0.444 e. The van der Waals surface area contributed by atoms with Crippen molar-refractivity contribution in [1.82, 2.24) is 10.3 Å². The van der Waals surface area contributed by atoms with Crippen LogP contribution in [0, 0.1) is 23.2 Å². The molecule has 1 aromatic rings. The lowest BCUT2D eigenvalue weighted by molar-refractivity contribution is 0.0480. The Labute approximate surface area is 184 Å². The zero-order valence-electron chi connectivity index (χ0n) is 19.4. The van der Waals surface area contributed by atoms with E-state index >= 15 is 0 Å². The standard InChI is InChI=1S/C22H33N5O4/c1-14-12-27(13-17(15(14)10-23)26-20(29)31-22(5,6)7)18-8-9-24-11-16(18)25-19(28)30-21(2,3)4/h8-9,11,14-15,17H,12-13H2,1-7H3,(H,25,28)(H,26,29). The van der Waals surface area contributed by atoms with E-state index in [-0.39, 0.29) is 11.8 Å². The fourth-order valence-electron chi connectivity index (χ4n) is 3.46. The van der Waals surface area contributed by atoms with E-state index in [0.717, 1.165) is 5.69 Å². The summed E-state index contributed by atoms with van der Waals surface area (Å²) in [5, 5.41) is 15.3. The van der Waals surface area contributed by atoms with Gasteiger partial charge in [0.2, 0.25) is 0 Å². The maximum absolute atomic E-state index is 12.3. The number of hydrogen-bond donors (Lipinski definition) is 2. The molecule has 3 unspecified atom stereocenters. The molecule has 9 heteroatoms. The minimum atomic E-state index is -0.637. The molecule has 1 aliphatic rings. The predicted molar refractivity (Wildman–Crippen MR) is 118 cm³/mol. The normalized spacial score (nSPS) is 21.6. The number of aromatic nitrogens is 1. The van der Waals surface area contributed by atoms with Gasteiger partial charge in [-0.25, -0.2) is 9.59 Å². The van der Waals surface area contributed by atoms with Crippen LogP contribution in [-0.2, 0) is 9.47 Å². The predicted octanol–water partition coefficient (Wildman–Crippen LogP) is 3.92. The number of rotatable bonds is 3. The SMILES string of the molecule is CC1CN(c2ccncc2NC(=O)OC(C)(C)C)CC(NC(=O)OC(C)(C)C)C1C#N. The second-order valence-corrected chi connectivity index (χ2v) is 9.81. The number of piperidine rings is 1. The van der Waals surface area contributed by atoms with Crippen LogP contribution in [-0.4, -0.2) is 47.5 Å². The van der Waals surface area contributed by atoms with Crippen molar-refractivity contribution < 1.29 is 19.1 Å². The molecule has 2 rings (SSSR count). The van der Waals surface area contributed by atoms with Gasteiger partial charge in [-0.1, -0.05) is 6.92 Å². The van der Waals surface area contributed by atoms with Crippen LogP contribution in [0.15, 0.2) is 18.5 Å². The van der Waals surface area contributed by atoms with E-state index in [1.807, 2.05) is 11.8 Å². The number of pyridine rings is 1. The van der Waals surface area contributed by atoms with Gasteiger partial charge >= 0.3 is 12.2 Å². The van der Waals surface area contributed by atoms with Crippen molar-refractivity contribution in [2.45, 2.75) is 65.7 Å². The second kappa shape index (κ2) is 9.41. The lowest BCUT2D eigenvalue weighted by atomic mass is 9.84. The van der Waals surface area contributed by atoms with Crippen molar-refractivity contribution in [2.75, 3.05) is 23.3 Å². The Bertz CT molecular complexity index is 838. The summed E-state index contributed by atoms with van der Waals surface area (Å²) in [6, 6.07) is 3.67. The number of alkyl carbamates (subject to hydrolysis) is 1. The van der Waals surface area contributed by atoms with Gasteiger partial charge in [-0.3, -0.25) is 10.3 Å². The number of carbonyl (C=O) groups excluding carboxylic acids is 2. The van der Waals surface area contributed by atoms with Gasteiger partial charge in [0.05, 0.1) is 35.6 Å². The third kappa shape index (κ3) is 7.31. The molecular formula is C22H33N5O4. The summed E-state index contributed by atoms with van der Waals surface area (Å²) in [4.78, 5) is 30.7. The summed E-state index contributed by atoms with van der Waals surface area (Å²) in [5.41, 5.74) is -0.0356. The molecule has 0 aromatic carbocycles. The van der Waals surface area contributed by atoms with Gasteiger partial charge in [-0.05, 0) is 53.5 Å². The number of ether oxygens (including phenoxy) is 2.